The van der Waals surface area contributed by atoms with Gasteiger partial charge in [-0.15, -0.1) is 0 Å². The predicted molar refractivity (Wildman–Crippen MR) is 77.8 cm³/mol. The molecule has 1 saturated carbocycles. The molecule has 2 unspecified atom stereocenters. The molecule has 1 rings (SSSR count). The number of hydrogen-bond donors (Lipinski definition) is 3. The predicted octanol–water partition coefficient (Wildman–Crippen LogP) is 1.48. The van der Waals surface area contributed by atoms with Crippen molar-refractivity contribution < 1.29 is 14.7 Å². The second-order valence-electron chi connectivity index (χ2n) is 6.01. The Kier molecular flexibility index (Phi) is 6.46. The number of carbonyl (C=O) groups is 2. The molecule has 0 saturated heterocycles. The average Bonchev–Trinajstić information content (AvgIpc) is 2.76. The quantitative estimate of drug-likeness (QED) is 0.630. The standard InChI is InChI=1S/C15H28N2O3/c1-3-8-15(20,9-4-2)10-13(18)17-12-7-5-6-11(12)14(16)19/h11-12,20H,3-10H2,1-2H3,(H2,16,19)(H,17,18). The van der Waals surface area contributed by atoms with E-state index in [-0.39, 0.29) is 30.2 Å². The van der Waals surface area contributed by atoms with Crippen LogP contribution in [0, 0.1) is 5.92 Å². The van der Waals surface area contributed by atoms with E-state index in [9.17, 15) is 14.7 Å². The molecule has 5 heteroatoms. The van der Waals surface area contributed by atoms with Gasteiger partial charge in [-0.2, -0.15) is 0 Å². The molecule has 4 N–H and O–H groups in total. The monoisotopic (exact) mass is 284 g/mol. The highest BCUT2D eigenvalue weighted by atomic mass is 16.3. The fraction of sp³-hybridized carbons (Fsp3) is 0.867. The van der Waals surface area contributed by atoms with E-state index in [1.165, 1.54) is 0 Å². The van der Waals surface area contributed by atoms with E-state index >= 15 is 0 Å². The molecule has 1 aliphatic carbocycles. The molecule has 1 fully saturated rings. The zero-order valence-corrected chi connectivity index (χ0v) is 12.7. The molecular weight excluding hydrogens is 256 g/mol. The van der Waals surface area contributed by atoms with Crippen molar-refractivity contribution in [1.29, 1.82) is 0 Å². The molecule has 0 spiro atoms. The van der Waals surface area contributed by atoms with Crippen LogP contribution in [0.5, 0.6) is 0 Å². The molecule has 0 aromatic rings. The van der Waals surface area contributed by atoms with Crippen molar-refractivity contribution in [3.8, 4) is 0 Å². The van der Waals surface area contributed by atoms with Gasteiger partial charge in [-0.25, -0.2) is 0 Å². The van der Waals surface area contributed by atoms with E-state index < -0.39 is 5.60 Å². The lowest BCUT2D eigenvalue weighted by atomic mass is 9.88. The third kappa shape index (κ3) is 4.78. The van der Waals surface area contributed by atoms with Crippen LogP contribution in [0.4, 0.5) is 0 Å². The summed E-state index contributed by atoms with van der Waals surface area (Å²) in [4.78, 5) is 23.4. The molecule has 0 aliphatic heterocycles. The van der Waals surface area contributed by atoms with Gasteiger partial charge in [0.2, 0.25) is 11.8 Å². The van der Waals surface area contributed by atoms with Gasteiger partial charge in [0.05, 0.1) is 17.9 Å². The second kappa shape index (κ2) is 7.62. The number of rotatable bonds is 8. The fourth-order valence-electron chi connectivity index (χ4n) is 3.26. The molecule has 20 heavy (non-hydrogen) atoms. The van der Waals surface area contributed by atoms with Crippen LogP contribution in [0.15, 0.2) is 0 Å². The highest BCUT2D eigenvalue weighted by Gasteiger charge is 2.34. The maximum Gasteiger partial charge on any atom is 0.223 e. The Hall–Kier alpha value is -1.10. The number of primary amides is 1. The first-order valence-electron chi connectivity index (χ1n) is 7.73. The molecule has 0 heterocycles. The van der Waals surface area contributed by atoms with Gasteiger partial charge in [-0.1, -0.05) is 33.1 Å². The van der Waals surface area contributed by atoms with Crippen molar-refractivity contribution in [3.05, 3.63) is 0 Å². The van der Waals surface area contributed by atoms with E-state index in [1.807, 2.05) is 13.8 Å². The van der Waals surface area contributed by atoms with Crippen LogP contribution in [0.1, 0.15) is 65.2 Å². The summed E-state index contributed by atoms with van der Waals surface area (Å²) >= 11 is 0. The number of carbonyl (C=O) groups excluding carboxylic acids is 2. The Morgan fingerprint density at radius 3 is 2.35 bits per heavy atom. The van der Waals surface area contributed by atoms with Gasteiger partial charge in [-0.3, -0.25) is 9.59 Å². The largest absolute Gasteiger partial charge is 0.389 e. The normalized spacial score (nSPS) is 22.8. The Morgan fingerprint density at radius 1 is 1.25 bits per heavy atom. The third-order valence-corrected chi connectivity index (χ3v) is 4.15. The lowest BCUT2D eigenvalue weighted by molar-refractivity contribution is -0.128. The van der Waals surface area contributed by atoms with Gasteiger partial charge in [0.1, 0.15) is 0 Å². The molecule has 5 nitrogen and oxygen atoms in total. The maximum absolute atomic E-state index is 12.1. The first-order valence-corrected chi connectivity index (χ1v) is 7.73. The van der Waals surface area contributed by atoms with Crippen molar-refractivity contribution in [2.24, 2.45) is 11.7 Å². The lowest BCUT2D eigenvalue weighted by Crippen LogP contribution is -2.45. The summed E-state index contributed by atoms with van der Waals surface area (Å²) in [5, 5.41) is 13.4. The first-order chi connectivity index (χ1) is 9.41. The molecule has 1 aliphatic rings. The molecule has 0 aromatic carbocycles. The Bertz CT molecular complexity index is 338. The summed E-state index contributed by atoms with van der Waals surface area (Å²) in [6, 6.07) is -0.160. The topological polar surface area (TPSA) is 92.4 Å². The lowest BCUT2D eigenvalue weighted by Gasteiger charge is -2.28. The van der Waals surface area contributed by atoms with Gasteiger partial charge < -0.3 is 16.2 Å². The van der Waals surface area contributed by atoms with Gasteiger partial charge in [0.25, 0.3) is 0 Å². The minimum atomic E-state index is -0.922. The Morgan fingerprint density at radius 2 is 1.85 bits per heavy atom. The first kappa shape index (κ1) is 17.0. The molecule has 0 radical (unpaired) electrons. The minimum absolute atomic E-state index is 0.108. The zero-order chi connectivity index (χ0) is 15.2. The van der Waals surface area contributed by atoms with E-state index in [4.69, 9.17) is 5.73 Å². The van der Waals surface area contributed by atoms with Crippen LogP contribution in [-0.4, -0.2) is 28.6 Å². The molecule has 116 valence electrons. The minimum Gasteiger partial charge on any atom is -0.389 e. The van der Waals surface area contributed by atoms with E-state index in [2.05, 4.69) is 5.32 Å². The SMILES string of the molecule is CCCC(O)(CCC)CC(=O)NC1CCCC1C(N)=O. The van der Waals surface area contributed by atoms with Crippen LogP contribution >= 0.6 is 0 Å². The van der Waals surface area contributed by atoms with E-state index in [0.29, 0.717) is 12.8 Å². The number of nitrogens with one attached hydrogen (secondary N) is 1. The van der Waals surface area contributed by atoms with Crippen LogP contribution < -0.4 is 11.1 Å². The zero-order valence-electron chi connectivity index (χ0n) is 12.7. The smallest absolute Gasteiger partial charge is 0.223 e. The van der Waals surface area contributed by atoms with Gasteiger partial charge in [0, 0.05) is 6.04 Å². The summed E-state index contributed by atoms with van der Waals surface area (Å²) in [6.45, 7) is 4.00. The Balaban J connectivity index is 2.55. The second-order valence-corrected chi connectivity index (χ2v) is 6.01. The molecule has 2 amide bonds. The fourth-order valence-corrected chi connectivity index (χ4v) is 3.26. The summed E-state index contributed by atoms with van der Waals surface area (Å²) in [5.74, 6) is -0.776. The van der Waals surface area contributed by atoms with Crippen molar-refractivity contribution in [2.75, 3.05) is 0 Å². The van der Waals surface area contributed by atoms with Gasteiger partial charge >= 0.3 is 0 Å². The summed E-state index contributed by atoms with van der Waals surface area (Å²) in [5.41, 5.74) is 4.42. The highest BCUT2D eigenvalue weighted by Crippen LogP contribution is 2.27. The molecule has 0 aromatic heterocycles. The van der Waals surface area contributed by atoms with Gasteiger partial charge in [-0.05, 0) is 25.7 Å². The summed E-state index contributed by atoms with van der Waals surface area (Å²) in [6.07, 6.45) is 5.49. The average molecular weight is 284 g/mol. The maximum atomic E-state index is 12.1. The van der Waals surface area contributed by atoms with Crippen molar-refractivity contribution in [1.82, 2.24) is 5.32 Å². The van der Waals surface area contributed by atoms with Crippen molar-refractivity contribution in [3.63, 3.8) is 0 Å². The number of amides is 2. The van der Waals surface area contributed by atoms with Crippen LogP contribution in [0.25, 0.3) is 0 Å². The third-order valence-electron chi connectivity index (χ3n) is 4.15. The highest BCUT2D eigenvalue weighted by molar-refractivity contribution is 5.81. The van der Waals surface area contributed by atoms with Gasteiger partial charge in [0.15, 0.2) is 0 Å². The molecular formula is C15H28N2O3. The van der Waals surface area contributed by atoms with E-state index in [1.54, 1.807) is 0 Å². The molecule has 0 bridgehead atoms. The summed E-state index contributed by atoms with van der Waals surface area (Å²) < 4.78 is 0. The molecule has 2 atom stereocenters. The van der Waals surface area contributed by atoms with Crippen LogP contribution in [0.3, 0.4) is 0 Å². The summed E-state index contributed by atoms with van der Waals surface area (Å²) in [7, 11) is 0. The number of nitrogens with two attached hydrogens (primary N) is 1. The number of hydrogen-bond acceptors (Lipinski definition) is 3. The van der Waals surface area contributed by atoms with E-state index in [0.717, 1.165) is 32.1 Å². The van der Waals surface area contributed by atoms with Crippen LogP contribution in [-0.2, 0) is 9.59 Å². The Labute approximate surface area is 121 Å². The van der Waals surface area contributed by atoms with Crippen LogP contribution in [0.2, 0.25) is 0 Å². The van der Waals surface area contributed by atoms with Crippen molar-refractivity contribution >= 4 is 11.8 Å². The van der Waals surface area contributed by atoms with Crippen molar-refractivity contribution in [2.45, 2.75) is 76.9 Å². The number of aliphatic hydroxyl groups is 1.